The Morgan fingerprint density at radius 3 is 2.80 bits per heavy atom. The lowest BCUT2D eigenvalue weighted by Gasteiger charge is -2.01. The Balaban J connectivity index is 2.96. The number of hydrogen-bond acceptors (Lipinski definition) is 6. The van der Waals surface area contributed by atoms with E-state index in [1.807, 2.05) is 0 Å². The van der Waals surface area contributed by atoms with Crippen LogP contribution in [-0.4, -0.2) is 35.6 Å². The van der Waals surface area contributed by atoms with Crippen LogP contribution in [0.1, 0.15) is 17.4 Å². The molecule has 0 unspecified atom stereocenters. The molecule has 1 aromatic rings. The molecule has 82 valence electrons. The summed E-state index contributed by atoms with van der Waals surface area (Å²) < 4.78 is 9.89. The lowest BCUT2D eigenvalue weighted by atomic mass is 10.4. The number of carbonyl (C=O) groups excluding carboxylic acids is 2. The van der Waals surface area contributed by atoms with Crippen LogP contribution in [-0.2, 0) is 9.47 Å². The number of rotatable bonds is 2. The van der Waals surface area contributed by atoms with Crippen molar-refractivity contribution in [3.05, 3.63) is 11.8 Å². The predicted molar refractivity (Wildman–Crippen MR) is 50.4 cm³/mol. The number of carbonyl (C=O) groups is 2. The molecule has 0 fully saturated rings. The van der Waals surface area contributed by atoms with E-state index < -0.39 is 12.1 Å². The molecule has 1 heterocycles. The summed E-state index contributed by atoms with van der Waals surface area (Å²) in [4.78, 5) is 22.3. The average Bonchev–Trinajstić information content (AvgIpc) is 2.59. The van der Waals surface area contributed by atoms with Crippen LogP contribution in [0.4, 0.5) is 10.6 Å². The van der Waals surface area contributed by atoms with Gasteiger partial charge in [0.15, 0.2) is 5.69 Å². The molecule has 0 spiro atoms. The van der Waals surface area contributed by atoms with Crippen molar-refractivity contribution >= 4 is 17.9 Å². The molecule has 0 radical (unpaired) electrons. The van der Waals surface area contributed by atoms with E-state index in [0.29, 0.717) is 0 Å². The fourth-order valence-electron chi connectivity index (χ4n) is 0.931. The third-order valence-corrected chi connectivity index (χ3v) is 1.57. The molecule has 0 aliphatic rings. The summed E-state index contributed by atoms with van der Waals surface area (Å²) in [6, 6.07) is 1.24. The Labute approximate surface area is 85.8 Å². The second-order valence-electron chi connectivity index (χ2n) is 2.56. The van der Waals surface area contributed by atoms with E-state index in [-0.39, 0.29) is 18.1 Å². The van der Waals surface area contributed by atoms with Gasteiger partial charge in [0.25, 0.3) is 0 Å². The zero-order chi connectivity index (χ0) is 11.4. The van der Waals surface area contributed by atoms with Gasteiger partial charge in [0.1, 0.15) is 5.82 Å². The summed E-state index contributed by atoms with van der Waals surface area (Å²) in [5, 5.41) is 3.64. The van der Waals surface area contributed by atoms with E-state index >= 15 is 0 Å². The number of nitrogens with zero attached hydrogens (tertiary/aromatic N) is 2. The van der Waals surface area contributed by atoms with Gasteiger partial charge < -0.3 is 15.2 Å². The van der Waals surface area contributed by atoms with E-state index in [1.54, 1.807) is 6.92 Å². The van der Waals surface area contributed by atoms with Gasteiger partial charge in [-0.05, 0) is 6.92 Å². The quantitative estimate of drug-likeness (QED) is 0.707. The van der Waals surface area contributed by atoms with E-state index in [2.05, 4.69) is 14.6 Å². The number of ether oxygens (including phenoxy) is 2. The van der Waals surface area contributed by atoms with E-state index in [4.69, 9.17) is 5.73 Å². The van der Waals surface area contributed by atoms with Crippen molar-refractivity contribution in [3.8, 4) is 0 Å². The normalized spacial score (nSPS) is 9.73. The molecule has 7 heteroatoms. The summed E-state index contributed by atoms with van der Waals surface area (Å²) >= 11 is 0. The van der Waals surface area contributed by atoms with Gasteiger partial charge in [-0.3, -0.25) is 0 Å². The van der Waals surface area contributed by atoms with Crippen molar-refractivity contribution in [2.45, 2.75) is 6.92 Å². The monoisotopic (exact) mass is 213 g/mol. The van der Waals surface area contributed by atoms with Crippen LogP contribution in [0.5, 0.6) is 0 Å². The van der Waals surface area contributed by atoms with Gasteiger partial charge in [0.05, 0.1) is 13.7 Å². The fourth-order valence-corrected chi connectivity index (χ4v) is 0.931. The summed E-state index contributed by atoms with van der Waals surface area (Å²) in [5.74, 6) is -0.640. The molecule has 0 atom stereocenters. The summed E-state index contributed by atoms with van der Waals surface area (Å²) in [5.41, 5.74) is 5.42. The highest BCUT2D eigenvalue weighted by Crippen LogP contribution is 2.07. The molecule has 0 amide bonds. The first kappa shape index (κ1) is 11.0. The van der Waals surface area contributed by atoms with Gasteiger partial charge in [0, 0.05) is 6.07 Å². The second-order valence-corrected chi connectivity index (χ2v) is 2.56. The van der Waals surface area contributed by atoms with Gasteiger partial charge in [-0.15, -0.1) is 4.68 Å². The molecule has 7 nitrogen and oxygen atoms in total. The number of anilines is 1. The maximum Gasteiger partial charge on any atom is 0.436 e. The first-order valence-corrected chi connectivity index (χ1v) is 4.21. The fraction of sp³-hybridized carbons (Fsp3) is 0.375. The number of esters is 1. The van der Waals surface area contributed by atoms with Gasteiger partial charge in [-0.2, -0.15) is 5.10 Å². The number of nitrogens with two attached hydrogens (primary N) is 1. The molecular weight excluding hydrogens is 202 g/mol. The average molecular weight is 213 g/mol. The van der Waals surface area contributed by atoms with Crippen LogP contribution < -0.4 is 5.73 Å². The maximum absolute atomic E-state index is 11.2. The third kappa shape index (κ3) is 2.25. The topological polar surface area (TPSA) is 96.4 Å². The highest BCUT2D eigenvalue weighted by Gasteiger charge is 2.17. The number of methoxy groups -OCH3 is 1. The van der Waals surface area contributed by atoms with Crippen LogP contribution >= 0.6 is 0 Å². The molecule has 0 aliphatic carbocycles. The van der Waals surface area contributed by atoms with Crippen molar-refractivity contribution in [3.63, 3.8) is 0 Å². The largest absolute Gasteiger partial charge is 0.464 e. The molecule has 1 aromatic heterocycles. The van der Waals surface area contributed by atoms with Gasteiger partial charge in [-0.1, -0.05) is 0 Å². The first-order valence-electron chi connectivity index (χ1n) is 4.21. The minimum atomic E-state index is -0.731. The summed E-state index contributed by atoms with van der Waals surface area (Å²) in [6.07, 6.45) is -0.731. The second kappa shape index (κ2) is 4.45. The van der Waals surface area contributed by atoms with Gasteiger partial charge in [0.2, 0.25) is 0 Å². The number of nitrogen functional groups attached to an aromatic ring is 1. The SMILES string of the molecule is CCOC(=O)n1nc(C(=O)OC)cc1N. The summed E-state index contributed by atoms with van der Waals surface area (Å²) in [7, 11) is 1.21. The summed E-state index contributed by atoms with van der Waals surface area (Å²) in [6.45, 7) is 1.85. The van der Waals surface area contributed by atoms with E-state index in [1.165, 1.54) is 13.2 Å². The molecule has 1 rings (SSSR count). The van der Waals surface area contributed by atoms with Crippen LogP contribution in [0.25, 0.3) is 0 Å². The smallest absolute Gasteiger partial charge is 0.436 e. The lowest BCUT2D eigenvalue weighted by Crippen LogP contribution is -2.17. The van der Waals surface area contributed by atoms with Crippen LogP contribution in [0.3, 0.4) is 0 Å². The number of hydrogen-bond donors (Lipinski definition) is 1. The maximum atomic E-state index is 11.2. The van der Waals surface area contributed by atoms with Crippen molar-refractivity contribution in [2.24, 2.45) is 0 Å². The van der Waals surface area contributed by atoms with Gasteiger partial charge in [-0.25, -0.2) is 9.59 Å². The first-order chi connectivity index (χ1) is 7.10. The standard InChI is InChI=1S/C8H11N3O4/c1-3-15-8(13)11-6(9)4-5(10-11)7(12)14-2/h4H,3,9H2,1-2H3. The Morgan fingerprint density at radius 1 is 1.60 bits per heavy atom. The minimum absolute atomic E-state index is 0.0221. The third-order valence-electron chi connectivity index (χ3n) is 1.57. The lowest BCUT2D eigenvalue weighted by molar-refractivity contribution is 0.0593. The number of aromatic nitrogens is 2. The highest BCUT2D eigenvalue weighted by molar-refractivity contribution is 5.89. The molecule has 0 bridgehead atoms. The van der Waals surface area contributed by atoms with Crippen LogP contribution in [0, 0.1) is 0 Å². The molecule has 15 heavy (non-hydrogen) atoms. The van der Waals surface area contributed by atoms with Crippen molar-refractivity contribution < 1.29 is 19.1 Å². The van der Waals surface area contributed by atoms with Crippen molar-refractivity contribution in [1.29, 1.82) is 0 Å². The molecule has 0 aromatic carbocycles. The van der Waals surface area contributed by atoms with Crippen molar-refractivity contribution in [2.75, 3.05) is 19.5 Å². The Morgan fingerprint density at radius 2 is 2.27 bits per heavy atom. The van der Waals surface area contributed by atoms with Gasteiger partial charge >= 0.3 is 12.1 Å². The molecule has 0 saturated heterocycles. The van der Waals surface area contributed by atoms with Crippen molar-refractivity contribution in [1.82, 2.24) is 9.78 Å². The minimum Gasteiger partial charge on any atom is -0.464 e. The molecule has 0 saturated carbocycles. The zero-order valence-electron chi connectivity index (χ0n) is 8.39. The molecule has 0 aliphatic heterocycles. The highest BCUT2D eigenvalue weighted by atomic mass is 16.6. The molecular formula is C8H11N3O4. The van der Waals surface area contributed by atoms with Crippen LogP contribution in [0.2, 0.25) is 0 Å². The Hall–Kier alpha value is -2.05. The predicted octanol–water partition coefficient (Wildman–Crippen LogP) is 0.257. The van der Waals surface area contributed by atoms with E-state index in [9.17, 15) is 9.59 Å². The Kier molecular flexibility index (Phi) is 3.27. The van der Waals surface area contributed by atoms with Crippen LogP contribution in [0.15, 0.2) is 6.07 Å². The van der Waals surface area contributed by atoms with E-state index in [0.717, 1.165) is 4.68 Å². The Bertz CT molecular complexity index is 385. The zero-order valence-corrected chi connectivity index (χ0v) is 8.39. The molecule has 2 N–H and O–H groups in total.